The molecule has 1 unspecified atom stereocenters. The Hall–Kier alpha value is -1.43. The molecule has 1 aliphatic heterocycles. The molecule has 22 heavy (non-hydrogen) atoms. The van der Waals surface area contributed by atoms with Crippen LogP contribution >= 0.6 is 12.4 Å². The number of rotatable bonds is 5. The van der Waals surface area contributed by atoms with E-state index in [2.05, 4.69) is 17.1 Å². The molecule has 6 heteroatoms. The number of hydrogen-bond donors (Lipinski definition) is 2. The van der Waals surface area contributed by atoms with Gasteiger partial charge in [-0.15, -0.1) is 12.4 Å². The van der Waals surface area contributed by atoms with Gasteiger partial charge in [-0.05, 0) is 44.0 Å². The minimum Gasteiger partial charge on any atom is -0.330 e. The number of nitrogens with one attached hydrogen (secondary N) is 1. The van der Waals surface area contributed by atoms with Crippen LogP contribution in [0.15, 0.2) is 24.3 Å². The summed E-state index contributed by atoms with van der Waals surface area (Å²) >= 11 is 0. The van der Waals surface area contributed by atoms with Gasteiger partial charge < -0.3 is 11.1 Å². The monoisotopic (exact) mass is 325 g/mol. The third-order valence-electron chi connectivity index (χ3n) is 4.05. The zero-order chi connectivity index (χ0) is 15.5. The Morgan fingerprint density at radius 1 is 1.41 bits per heavy atom. The molecule has 0 radical (unpaired) electrons. The topological polar surface area (TPSA) is 75.4 Å². The maximum atomic E-state index is 12.1. The van der Waals surface area contributed by atoms with Crippen molar-refractivity contribution in [3.05, 3.63) is 29.8 Å². The maximum Gasteiger partial charge on any atom is 0.238 e. The van der Waals surface area contributed by atoms with Gasteiger partial charge in [0.25, 0.3) is 0 Å². The number of likely N-dealkylation sites (tertiary alicyclic amines) is 1. The van der Waals surface area contributed by atoms with Crippen molar-refractivity contribution < 1.29 is 9.59 Å². The number of nitrogens with zero attached hydrogens (tertiary/aromatic N) is 1. The van der Waals surface area contributed by atoms with Gasteiger partial charge in [-0.25, -0.2) is 0 Å². The Morgan fingerprint density at radius 3 is 2.73 bits per heavy atom. The molecule has 1 aromatic carbocycles. The zero-order valence-corrected chi connectivity index (χ0v) is 13.9. The van der Waals surface area contributed by atoms with E-state index < -0.39 is 0 Å². The van der Waals surface area contributed by atoms with Crippen molar-refractivity contribution in [2.24, 2.45) is 11.1 Å². The third kappa shape index (κ3) is 4.80. The number of amides is 1. The number of carbonyl (C=O) groups excluding carboxylic acids is 2. The molecule has 0 spiro atoms. The molecule has 0 aromatic heterocycles. The molecular weight excluding hydrogens is 302 g/mol. The molecule has 1 fully saturated rings. The van der Waals surface area contributed by atoms with E-state index >= 15 is 0 Å². The van der Waals surface area contributed by atoms with Gasteiger partial charge in [0.15, 0.2) is 5.78 Å². The zero-order valence-electron chi connectivity index (χ0n) is 13.1. The molecule has 1 heterocycles. The van der Waals surface area contributed by atoms with Crippen LogP contribution in [-0.4, -0.2) is 42.8 Å². The number of halogens is 1. The lowest BCUT2D eigenvalue weighted by Gasteiger charge is -2.22. The van der Waals surface area contributed by atoms with Gasteiger partial charge in [-0.1, -0.05) is 19.1 Å². The summed E-state index contributed by atoms with van der Waals surface area (Å²) in [5.41, 5.74) is 7.15. The number of carbonyl (C=O) groups is 2. The van der Waals surface area contributed by atoms with E-state index in [1.807, 2.05) is 0 Å². The van der Waals surface area contributed by atoms with E-state index in [1.165, 1.54) is 6.92 Å². The summed E-state index contributed by atoms with van der Waals surface area (Å²) in [7, 11) is 0. The van der Waals surface area contributed by atoms with Crippen LogP contribution in [0.2, 0.25) is 0 Å². The molecule has 1 aliphatic rings. The molecule has 1 saturated heterocycles. The van der Waals surface area contributed by atoms with Gasteiger partial charge in [0.2, 0.25) is 5.91 Å². The molecule has 1 amide bonds. The summed E-state index contributed by atoms with van der Waals surface area (Å²) in [4.78, 5) is 25.5. The van der Waals surface area contributed by atoms with Gasteiger partial charge >= 0.3 is 0 Å². The molecule has 0 bridgehead atoms. The van der Waals surface area contributed by atoms with Crippen LogP contribution in [0.25, 0.3) is 0 Å². The van der Waals surface area contributed by atoms with Crippen LogP contribution in [0.4, 0.5) is 5.69 Å². The van der Waals surface area contributed by atoms with Crippen molar-refractivity contribution in [2.45, 2.75) is 20.3 Å². The number of nitrogens with two attached hydrogens (primary N) is 1. The summed E-state index contributed by atoms with van der Waals surface area (Å²) in [6, 6.07) is 7.01. The van der Waals surface area contributed by atoms with Crippen molar-refractivity contribution in [3.8, 4) is 0 Å². The predicted molar refractivity (Wildman–Crippen MR) is 90.5 cm³/mol. The molecular formula is C16H24ClN3O2. The summed E-state index contributed by atoms with van der Waals surface area (Å²) in [5, 5.41) is 2.85. The first-order valence-electron chi connectivity index (χ1n) is 7.25. The van der Waals surface area contributed by atoms with Gasteiger partial charge in [0.05, 0.1) is 6.54 Å². The first-order valence-corrected chi connectivity index (χ1v) is 7.25. The average Bonchev–Trinajstić information content (AvgIpc) is 2.81. The SMILES string of the molecule is CC(=O)c1cccc(NC(=O)CN2CCC(C)(CN)C2)c1.Cl. The molecule has 1 aromatic rings. The van der Waals surface area contributed by atoms with Crippen LogP contribution in [0.1, 0.15) is 30.6 Å². The average molecular weight is 326 g/mol. The molecule has 1 atom stereocenters. The maximum absolute atomic E-state index is 12.1. The fraction of sp³-hybridized carbons (Fsp3) is 0.500. The largest absolute Gasteiger partial charge is 0.330 e. The lowest BCUT2D eigenvalue weighted by atomic mass is 9.90. The second kappa shape index (κ2) is 7.72. The second-order valence-corrected chi connectivity index (χ2v) is 6.16. The van der Waals surface area contributed by atoms with Crippen molar-refractivity contribution in [1.29, 1.82) is 0 Å². The highest BCUT2D eigenvalue weighted by atomic mass is 35.5. The van der Waals surface area contributed by atoms with E-state index in [0.29, 0.717) is 24.3 Å². The first kappa shape index (κ1) is 18.6. The number of anilines is 1. The third-order valence-corrected chi connectivity index (χ3v) is 4.05. The fourth-order valence-corrected chi connectivity index (χ4v) is 2.65. The van der Waals surface area contributed by atoms with E-state index in [-0.39, 0.29) is 29.5 Å². The Labute approximate surface area is 137 Å². The highest BCUT2D eigenvalue weighted by Crippen LogP contribution is 2.28. The second-order valence-electron chi connectivity index (χ2n) is 6.16. The standard InChI is InChI=1S/C16H23N3O2.ClH/c1-12(20)13-4-3-5-14(8-13)18-15(21)9-19-7-6-16(2,10-17)11-19;/h3-5,8H,6-7,9-11,17H2,1-2H3,(H,18,21);1H. The highest BCUT2D eigenvalue weighted by Gasteiger charge is 2.33. The molecule has 0 saturated carbocycles. The number of hydrogen-bond acceptors (Lipinski definition) is 4. The summed E-state index contributed by atoms with van der Waals surface area (Å²) in [6.07, 6.45) is 1.02. The Balaban J connectivity index is 0.00000242. The summed E-state index contributed by atoms with van der Waals surface area (Å²) in [5.74, 6) is -0.0682. The van der Waals surface area contributed by atoms with Crippen molar-refractivity contribution in [2.75, 3.05) is 31.5 Å². The molecule has 3 N–H and O–H groups in total. The smallest absolute Gasteiger partial charge is 0.238 e. The number of benzene rings is 1. The van der Waals surface area contributed by atoms with Crippen LogP contribution in [0.5, 0.6) is 0 Å². The summed E-state index contributed by atoms with van der Waals surface area (Å²) < 4.78 is 0. The molecule has 122 valence electrons. The van der Waals surface area contributed by atoms with Crippen molar-refractivity contribution in [3.63, 3.8) is 0 Å². The Bertz CT molecular complexity index is 550. The highest BCUT2D eigenvalue weighted by molar-refractivity contribution is 5.97. The molecule has 0 aliphatic carbocycles. The Kier molecular flexibility index (Phi) is 6.53. The minimum atomic E-state index is -0.0584. The van der Waals surface area contributed by atoms with Crippen molar-refractivity contribution >= 4 is 29.8 Å². The Morgan fingerprint density at radius 2 is 2.14 bits per heavy atom. The van der Waals surface area contributed by atoms with E-state index in [0.717, 1.165) is 19.5 Å². The quantitative estimate of drug-likeness (QED) is 0.811. The van der Waals surface area contributed by atoms with Crippen LogP contribution in [0.3, 0.4) is 0 Å². The number of Topliss-reactive ketones (excluding diaryl/α,β-unsaturated/α-hetero) is 1. The van der Waals surface area contributed by atoms with E-state index in [1.54, 1.807) is 24.3 Å². The lowest BCUT2D eigenvalue weighted by molar-refractivity contribution is -0.117. The van der Waals surface area contributed by atoms with Gasteiger partial charge in [-0.3, -0.25) is 14.5 Å². The van der Waals surface area contributed by atoms with Gasteiger partial charge in [0, 0.05) is 17.8 Å². The summed E-state index contributed by atoms with van der Waals surface area (Å²) in [6.45, 7) is 6.42. The van der Waals surface area contributed by atoms with E-state index in [9.17, 15) is 9.59 Å². The predicted octanol–water partition coefficient (Wildman–Crippen LogP) is 1.92. The van der Waals surface area contributed by atoms with Crippen LogP contribution in [0, 0.1) is 5.41 Å². The van der Waals surface area contributed by atoms with Crippen molar-refractivity contribution in [1.82, 2.24) is 4.90 Å². The lowest BCUT2D eigenvalue weighted by Crippen LogP contribution is -2.35. The van der Waals surface area contributed by atoms with Gasteiger partial charge in [-0.2, -0.15) is 0 Å². The normalized spacial score (nSPS) is 21.2. The van der Waals surface area contributed by atoms with Gasteiger partial charge in [0.1, 0.15) is 0 Å². The number of ketones is 1. The molecule has 2 rings (SSSR count). The van der Waals surface area contributed by atoms with Crippen LogP contribution in [-0.2, 0) is 4.79 Å². The minimum absolute atomic E-state index is 0. The van der Waals surface area contributed by atoms with Crippen LogP contribution < -0.4 is 11.1 Å². The molecule has 5 nitrogen and oxygen atoms in total. The fourth-order valence-electron chi connectivity index (χ4n) is 2.65. The van der Waals surface area contributed by atoms with E-state index in [4.69, 9.17) is 5.73 Å². The first-order chi connectivity index (χ1) is 9.92.